The van der Waals surface area contributed by atoms with Gasteiger partial charge in [0, 0.05) is 12.1 Å². The average molecular weight is 338 g/mol. The Balaban J connectivity index is 2.27. The number of aliphatic carboxylic acids is 1. The molecule has 0 aliphatic heterocycles. The van der Waals surface area contributed by atoms with Crippen LogP contribution < -0.4 is 5.56 Å². The Morgan fingerprint density at radius 2 is 1.92 bits per heavy atom. The molecule has 3 aromatic rings. The lowest BCUT2D eigenvalue weighted by Crippen LogP contribution is -2.16. The lowest BCUT2D eigenvalue weighted by atomic mass is 10.1. The number of carboxylic acid groups (broad SMARTS) is 1. The molecular weight excluding hydrogens is 325 g/mol. The SMILES string of the molecule is CC(Cc1ccc2c(=O)[nH]c3cc(C(F)(F)F)ccc3n12)C(=O)O. The molecule has 0 saturated carbocycles. The summed E-state index contributed by atoms with van der Waals surface area (Å²) >= 11 is 0. The van der Waals surface area contributed by atoms with Crippen molar-refractivity contribution in [3.8, 4) is 0 Å². The van der Waals surface area contributed by atoms with E-state index < -0.39 is 29.2 Å². The van der Waals surface area contributed by atoms with Gasteiger partial charge in [-0.25, -0.2) is 0 Å². The monoisotopic (exact) mass is 338 g/mol. The summed E-state index contributed by atoms with van der Waals surface area (Å²) in [7, 11) is 0. The van der Waals surface area contributed by atoms with Crippen molar-refractivity contribution in [1.29, 1.82) is 0 Å². The maximum absolute atomic E-state index is 12.8. The topological polar surface area (TPSA) is 74.6 Å². The molecular formula is C16H13F3N2O3. The van der Waals surface area contributed by atoms with Gasteiger partial charge >= 0.3 is 12.1 Å². The van der Waals surface area contributed by atoms with Gasteiger partial charge in [-0.1, -0.05) is 6.92 Å². The summed E-state index contributed by atoms with van der Waals surface area (Å²) in [5, 5.41) is 9.04. The van der Waals surface area contributed by atoms with Crippen LogP contribution >= 0.6 is 0 Å². The molecule has 2 N–H and O–H groups in total. The van der Waals surface area contributed by atoms with Gasteiger partial charge < -0.3 is 14.5 Å². The molecule has 1 atom stereocenters. The van der Waals surface area contributed by atoms with Crippen LogP contribution in [0.1, 0.15) is 18.2 Å². The molecule has 0 aliphatic carbocycles. The average Bonchev–Trinajstić information content (AvgIpc) is 2.90. The molecule has 5 nitrogen and oxygen atoms in total. The highest BCUT2D eigenvalue weighted by Crippen LogP contribution is 2.31. The maximum atomic E-state index is 12.8. The van der Waals surface area contributed by atoms with Crippen molar-refractivity contribution in [2.45, 2.75) is 19.5 Å². The molecule has 3 rings (SSSR count). The van der Waals surface area contributed by atoms with Crippen LogP contribution in [0.3, 0.4) is 0 Å². The van der Waals surface area contributed by atoms with Gasteiger partial charge in [0.15, 0.2) is 0 Å². The van der Waals surface area contributed by atoms with Crippen LogP contribution in [-0.4, -0.2) is 20.5 Å². The van der Waals surface area contributed by atoms with Crippen molar-refractivity contribution in [3.05, 3.63) is 51.9 Å². The lowest BCUT2D eigenvalue weighted by molar-refractivity contribution is -0.141. The molecule has 24 heavy (non-hydrogen) atoms. The summed E-state index contributed by atoms with van der Waals surface area (Å²) in [5.74, 6) is -1.68. The van der Waals surface area contributed by atoms with Gasteiger partial charge in [0.25, 0.3) is 5.56 Å². The summed E-state index contributed by atoms with van der Waals surface area (Å²) in [4.78, 5) is 25.6. The zero-order chi connectivity index (χ0) is 17.6. The van der Waals surface area contributed by atoms with Crippen molar-refractivity contribution in [2.24, 2.45) is 5.92 Å². The molecule has 8 heteroatoms. The number of aromatic amines is 1. The van der Waals surface area contributed by atoms with Crippen LogP contribution in [0, 0.1) is 5.92 Å². The number of carbonyl (C=O) groups is 1. The Morgan fingerprint density at radius 1 is 1.25 bits per heavy atom. The molecule has 0 aliphatic rings. The Hall–Kier alpha value is -2.77. The molecule has 0 fully saturated rings. The number of hydrogen-bond donors (Lipinski definition) is 2. The quantitative estimate of drug-likeness (QED) is 0.771. The van der Waals surface area contributed by atoms with Gasteiger partial charge in [-0.05, 0) is 30.3 Å². The summed E-state index contributed by atoms with van der Waals surface area (Å²) in [6.07, 6.45) is -4.36. The smallest absolute Gasteiger partial charge is 0.416 e. The molecule has 1 aromatic carbocycles. The van der Waals surface area contributed by atoms with E-state index in [0.717, 1.165) is 12.1 Å². The minimum atomic E-state index is -4.52. The third-order valence-electron chi connectivity index (χ3n) is 3.94. The Kier molecular flexibility index (Phi) is 3.62. The largest absolute Gasteiger partial charge is 0.481 e. The number of rotatable bonds is 3. The maximum Gasteiger partial charge on any atom is 0.416 e. The standard InChI is InChI=1S/C16H13F3N2O3/c1-8(15(23)24)6-10-3-5-13-14(22)20-11-7-9(16(17,18)19)2-4-12(11)21(10)13/h2-5,7-8H,6H2,1H3,(H,20,22)(H,23,24). The number of hydrogen-bond acceptors (Lipinski definition) is 2. The van der Waals surface area contributed by atoms with Crippen LogP contribution in [0.5, 0.6) is 0 Å². The van der Waals surface area contributed by atoms with Crippen LogP contribution in [0.4, 0.5) is 13.2 Å². The summed E-state index contributed by atoms with van der Waals surface area (Å²) < 4.78 is 40.0. The molecule has 126 valence electrons. The number of nitrogens with one attached hydrogen (secondary N) is 1. The van der Waals surface area contributed by atoms with Crippen molar-refractivity contribution >= 4 is 22.5 Å². The van der Waals surface area contributed by atoms with Crippen LogP contribution in [0.25, 0.3) is 16.6 Å². The third kappa shape index (κ3) is 2.64. The normalized spacial score (nSPS) is 13.5. The number of nitrogens with zero attached hydrogens (tertiary/aromatic N) is 1. The van der Waals surface area contributed by atoms with E-state index >= 15 is 0 Å². The minimum Gasteiger partial charge on any atom is -0.481 e. The van der Waals surface area contributed by atoms with Gasteiger partial charge in [0.2, 0.25) is 0 Å². The van der Waals surface area contributed by atoms with Crippen LogP contribution in [0.15, 0.2) is 35.1 Å². The molecule has 0 spiro atoms. The van der Waals surface area contributed by atoms with E-state index in [1.807, 2.05) is 0 Å². The summed E-state index contributed by atoms with van der Waals surface area (Å²) in [5.41, 5.74) is -0.155. The second-order valence-corrected chi connectivity index (χ2v) is 5.67. The number of fused-ring (bicyclic) bond motifs is 3. The number of carboxylic acids is 1. The lowest BCUT2D eigenvalue weighted by Gasteiger charge is -2.12. The first kappa shape index (κ1) is 16.1. The van der Waals surface area contributed by atoms with E-state index in [-0.39, 0.29) is 17.5 Å². The highest BCUT2D eigenvalue weighted by Gasteiger charge is 2.30. The van der Waals surface area contributed by atoms with Crippen molar-refractivity contribution < 1.29 is 23.1 Å². The molecule has 0 saturated heterocycles. The first-order valence-corrected chi connectivity index (χ1v) is 7.15. The van der Waals surface area contributed by atoms with E-state index in [9.17, 15) is 22.8 Å². The van der Waals surface area contributed by atoms with Crippen LogP contribution in [-0.2, 0) is 17.4 Å². The molecule has 1 unspecified atom stereocenters. The Morgan fingerprint density at radius 3 is 2.54 bits per heavy atom. The second kappa shape index (κ2) is 5.40. The van der Waals surface area contributed by atoms with E-state index in [1.54, 1.807) is 6.07 Å². The fourth-order valence-electron chi connectivity index (χ4n) is 2.69. The van der Waals surface area contributed by atoms with Crippen molar-refractivity contribution in [3.63, 3.8) is 0 Å². The zero-order valence-electron chi connectivity index (χ0n) is 12.5. The van der Waals surface area contributed by atoms with Crippen molar-refractivity contribution in [2.75, 3.05) is 0 Å². The highest BCUT2D eigenvalue weighted by molar-refractivity contribution is 5.80. The Labute approximate surface area is 133 Å². The predicted octanol–water partition coefficient (Wildman–Crippen LogP) is 3.06. The van der Waals surface area contributed by atoms with Gasteiger partial charge in [-0.15, -0.1) is 0 Å². The van der Waals surface area contributed by atoms with Crippen molar-refractivity contribution in [1.82, 2.24) is 9.38 Å². The zero-order valence-corrected chi connectivity index (χ0v) is 12.5. The fraction of sp³-hybridized carbons (Fsp3) is 0.250. The van der Waals surface area contributed by atoms with E-state index in [0.29, 0.717) is 11.2 Å². The van der Waals surface area contributed by atoms with E-state index in [1.165, 1.54) is 23.5 Å². The Bertz CT molecular complexity index is 1000. The molecule has 2 aromatic heterocycles. The molecule has 0 radical (unpaired) electrons. The van der Waals surface area contributed by atoms with E-state index in [4.69, 9.17) is 5.11 Å². The number of aromatic nitrogens is 2. The number of alkyl halides is 3. The molecule has 0 bridgehead atoms. The number of halogens is 3. The van der Waals surface area contributed by atoms with Gasteiger partial charge in [0.1, 0.15) is 5.52 Å². The van der Waals surface area contributed by atoms with Crippen LogP contribution in [0.2, 0.25) is 0 Å². The first-order chi connectivity index (χ1) is 11.2. The minimum absolute atomic E-state index is 0.0442. The third-order valence-corrected chi connectivity index (χ3v) is 3.94. The van der Waals surface area contributed by atoms with Gasteiger partial charge in [-0.3, -0.25) is 9.59 Å². The molecule has 0 amide bonds. The van der Waals surface area contributed by atoms with Gasteiger partial charge in [0.05, 0.1) is 22.5 Å². The number of H-pyrrole nitrogens is 1. The second-order valence-electron chi connectivity index (χ2n) is 5.67. The number of benzene rings is 1. The predicted molar refractivity (Wildman–Crippen MR) is 81.0 cm³/mol. The van der Waals surface area contributed by atoms with Gasteiger partial charge in [-0.2, -0.15) is 13.2 Å². The fourth-order valence-corrected chi connectivity index (χ4v) is 2.69. The summed E-state index contributed by atoms with van der Waals surface area (Å²) in [6.45, 7) is 1.53. The summed E-state index contributed by atoms with van der Waals surface area (Å²) in [6, 6.07) is 6.22. The first-order valence-electron chi connectivity index (χ1n) is 7.15. The molecule has 2 heterocycles. The highest BCUT2D eigenvalue weighted by atomic mass is 19.4. The van der Waals surface area contributed by atoms with E-state index in [2.05, 4.69) is 4.98 Å².